The predicted molar refractivity (Wildman–Crippen MR) is 167 cm³/mol. The molecule has 1 aliphatic heterocycles. The highest BCUT2D eigenvalue weighted by Crippen LogP contribution is 2.43. The van der Waals surface area contributed by atoms with E-state index in [1.165, 1.54) is 35.4 Å². The summed E-state index contributed by atoms with van der Waals surface area (Å²) in [5.41, 5.74) is 5.77. The second-order valence-electron chi connectivity index (χ2n) is 10.2. The van der Waals surface area contributed by atoms with Gasteiger partial charge < -0.3 is 14.0 Å². The Labute approximate surface area is 251 Å². The molecule has 1 unspecified atom stereocenters. The number of nitrogens with zero attached hydrogens (tertiary/aromatic N) is 3. The third-order valence-electron chi connectivity index (χ3n) is 7.78. The quantitative estimate of drug-likeness (QED) is 0.207. The van der Waals surface area contributed by atoms with Gasteiger partial charge in [0.25, 0.3) is 5.91 Å². The Hall–Kier alpha value is -3.45. The molecule has 3 aromatic carbocycles. The van der Waals surface area contributed by atoms with E-state index in [4.69, 9.17) is 4.42 Å². The lowest BCUT2D eigenvalue weighted by molar-refractivity contribution is 0.0964. The molecule has 0 spiro atoms. The van der Waals surface area contributed by atoms with Crippen LogP contribution in [0.2, 0.25) is 0 Å². The van der Waals surface area contributed by atoms with E-state index < -0.39 is 10.0 Å². The number of aromatic nitrogens is 1. The van der Waals surface area contributed by atoms with Crippen LogP contribution >= 0.6 is 23.3 Å². The molecule has 0 radical (unpaired) electrons. The molecule has 5 aromatic rings. The summed E-state index contributed by atoms with van der Waals surface area (Å²) in [6, 6.07) is 14.8. The molecule has 1 atom stereocenters. The summed E-state index contributed by atoms with van der Waals surface area (Å²) in [5.74, 6) is -0.468. The first-order valence-electron chi connectivity index (χ1n) is 13.4. The molecule has 2 aromatic heterocycles. The van der Waals surface area contributed by atoms with E-state index in [1.807, 2.05) is 29.7 Å². The molecule has 8 nitrogen and oxygen atoms in total. The summed E-state index contributed by atoms with van der Waals surface area (Å²) in [5, 5.41) is 3.33. The van der Waals surface area contributed by atoms with Crippen LogP contribution in [0.5, 0.6) is 0 Å². The zero-order valence-electron chi connectivity index (χ0n) is 23.3. The number of rotatable bonds is 7. The fraction of sp³-hybridized carbons (Fsp3) is 0.267. The Morgan fingerprint density at radius 3 is 2.71 bits per heavy atom. The molecule has 0 bridgehead atoms. The predicted octanol–water partition coefficient (Wildman–Crippen LogP) is 6.49. The van der Waals surface area contributed by atoms with Crippen LogP contribution in [0.1, 0.15) is 34.7 Å². The maximum absolute atomic E-state index is 13.8. The summed E-state index contributed by atoms with van der Waals surface area (Å²) in [4.78, 5) is 17.7. The molecular formula is C30H29FN4O4S3. The van der Waals surface area contributed by atoms with E-state index in [0.717, 1.165) is 27.9 Å². The van der Waals surface area contributed by atoms with Crippen LogP contribution in [0.15, 0.2) is 69.4 Å². The monoisotopic (exact) mass is 624 g/mol. The van der Waals surface area contributed by atoms with Crippen molar-refractivity contribution in [3.05, 3.63) is 77.1 Å². The minimum atomic E-state index is -3.73. The average Bonchev–Trinajstić information content (AvgIpc) is 3.64. The number of amides is 1. The van der Waals surface area contributed by atoms with Crippen molar-refractivity contribution in [1.82, 2.24) is 14.6 Å². The minimum absolute atomic E-state index is 0.114. The third kappa shape index (κ3) is 5.06. The number of nitrogens with one attached hydrogen (secondary N) is 1. The normalized spacial score (nSPS) is 16.2. The molecular weight excluding hydrogens is 596 g/mol. The van der Waals surface area contributed by atoms with Gasteiger partial charge in [0.05, 0.1) is 31.9 Å². The van der Waals surface area contributed by atoms with Crippen molar-refractivity contribution in [1.29, 1.82) is 0 Å². The molecule has 0 aliphatic carbocycles. The smallest absolute Gasteiger partial charge is 0.255 e. The van der Waals surface area contributed by atoms with Crippen LogP contribution in [0.4, 0.5) is 10.1 Å². The molecule has 1 aliphatic rings. The number of anilines is 1. The van der Waals surface area contributed by atoms with Gasteiger partial charge in [0.1, 0.15) is 17.2 Å². The fourth-order valence-corrected chi connectivity index (χ4v) is 8.26. The standard InChI is InChI=1S/C30H29FN4O4S3/c1-32-30(36)28-23-14-22(25(34(2)40-3)15-26(23)39-29(28)18-6-8-20(31)9-7-18)19-5-4-12-35(16-19)42(37,38)21-10-11-24-27(13-21)41-17-33-24/h6-11,13-15,17,19H,4-5,12,16H2,1-3H3,(H,32,36). The molecule has 12 heteroatoms. The largest absolute Gasteiger partial charge is 0.455 e. The van der Waals surface area contributed by atoms with E-state index in [-0.39, 0.29) is 22.5 Å². The van der Waals surface area contributed by atoms with Gasteiger partial charge in [-0.25, -0.2) is 17.8 Å². The molecule has 6 rings (SSSR count). The summed E-state index contributed by atoms with van der Waals surface area (Å²) < 4.78 is 51.9. The Morgan fingerprint density at radius 1 is 1.19 bits per heavy atom. The molecule has 1 amide bonds. The zero-order chi connectivity index (χ0) is 29.6. The SMILES string of the molecule is CNC(=O)c1c(-c2ccc(F)cc2)oc2cc(N(C)SC)c(C3CCCN(S(=O)(=O)c4ccc5ncsc5c4)C3)cc12. The summed E-state index contributed by atoms with van der Waals surface area (Å²) in [6.07, 6.45) is 3.45. The molecule has 1 saturated heterocycles. The molecule has 3 heterocycles. The van der Waals surface area contributed by atoms with Gasteiger partial charge in [-0.15, -0.1) is 11.3 Å². The molecule has 42 heavy (non-hydrogen) atoms. The second kappa shape index (κ2) is 11.3. The second-order valence-corrected chi connectivity index (χ2v) is 13.9. The Kier molecular flexibility index (Phi) is 7.73. The third-order valence-corrected chi connectivity index (χ3v) is 11.2. The highest BCUT2D eigenvalue weighted by atomic mass is 32.2. The van der Waals surface area contributed by atoms with E-state index in [1.54, 1.807) is 47.2 Å². The first-order valence-corrected chi connectivity index (χ1v) is 16.9. The van der Waals surface area contributed by atoms with Crippen molar-refractivity contribution in [2.45, 2.75) is 23.7 Å². The highest BCUT2D eigenvalue weighted by Gasteiger charge is 2.34. The summed E-state index contributed by atoms with van der Waals surface area (Å²) in [6.45, 7) is 0.737. The zero-order valence-corrected chi connectivity index (χ0v) is 25.7. The van der Waals surface area contributed by atoms with Crippen LogP contribution in [-0.4, -0.2) is 57.1 Å². The van der Waals surface area contributed by atoms with Crippen LogP contribution < -0.4 is 9.62 Å². The van der Waals surface area contributed by atoms with Crippen molar-refractivity contribution < 1.29 is 22.0 Å². The Balaban J connectivity index is 1.45. The van der Waals surface area contributed by atoms with Crippen LogP contribution in [-0.2, 0) is 10.0 Å². The van der Waals surface area contributed by atoms with Crippen molar-refractivity contribution in [2.75, 3.05) is 37.7 Å². The minimum Gasteiger partial charge on any atom is -0.455 e. The van der Waals surface area contributed by atoms with Gasteiger partial charge in [-0.2, -0.15) is 4.31 Å². The number of benzene rings is 3. The molecule has 0 saturated carbocycles. The number of piperidine rings is 1. The van der Waals surface area contributed by atoms with Crippen molar-refractivity contribution >= 4 is 66.1 Å². The maximum atomic E-state index is 13.8. The van der Waals surface area contributed by atoms with Crippen LogP contribution in [0, 0.1) is 5.82 Å². The average molecular weight is 625 g/mol. The number of carbonyl (C=O) groups excluding carboxylic acids is 1. The van der Waals surface area contributed by atoms with Crippen molar-refractivity contribution in [3.63, 3.8) is 0 Å². The first kappa shape index (κ1) is 28.7. The fourth-order valence-electron chi connectivity index (χ4n) is 5.56. The maximum Gasteiger partial charge on any atom is 0.255 e. The number of hydrogen-bond acceptors (Lipinski definition) is 8. The highest BCUT2D eigenvalue weighted by molar-refractivity contribution is 7.99. The molecule has 1 N–H and O–H groups in total. The van der Waals surface area contributed by atoms with Gasteiger partial charge in [-0.3, -0.25) is 4.79 Å². The van der Waals surface area contributed by atoms with E-state index in [0.29, 0.717) is 47.4 Å². The number of hydrogen-bond donors (Lipinski definition) is 1. The topological polar surface area (TPSA) is 95.8 Å². The first-order chi connectivity index (χ1) is 20.2. The summed E-state index contributed by atoms with van der Waals surface area (Å²) >= 11 is 2.94. The lowest BCUT2D eigenvalue weighted by Crippen LogP contribution is -2.39. The van der Waals surface area contributed by atoms with Gasteiger partial charge in [0.15, 0.2) is 0 Å². The number of carbonyl (C=O) groups is 1. The number of thiazole rings is 1. The van der Waals surface area contributed by atoms with Crippen LogP contribution in [0.3, 0.4) is 0 Å². The summed E-state index contributed by atoms with van der Waals surface area (Å²) in [7, 11) is -0.234. The number of furan rings is 1. The Bertz CT molecular complexity index is 1900. The van der Waals surface area contributed by atoms with Crippen molar-refractivity contribution in [2.24, 2.45) is 0 Å². The van der Waals surface area contributed by atoms with Crippen molar-refractivity contribution in [3.8, 4) is 11.3 Å². The van der Waals surface area contributed by atoms with E-state index >= 15 is 0 Å². The lowest BCUT2D eigenvalue weighted by Gasteiger charge is -2.34. The van der Waals surface area contributed by atoms with E-state index in [2.05, 4.69) is 10.3 Å². The van der Waals surface area contributed by atoms with Gasteiger partial charge >= 0.3 is 0 Å². The van der Waals surface area contributed by atoms with Gasteiger partial charge in [-0.1, -0.05) is 11.9 Å². The van der Waals surface area contributed by atoms with Gasteiger partial charge in [-0.05, 0) is 72.9 Å². The Morgan fingerprint density at radius 2 is 1.98 bits per heavy atom. The molecule has 218 valence electrons. The number of halogens is 1. The number of sulfonamides is 1. The van der Waals surface area contributed by atoms with Gasteiger partial charge in [0.2, 0.25) is 10.0 Å². The number of fused-ring (bicyclic) bond motifs is 2. The van der Waals surface area contributed by atoms with Crippen LogP contribution in [0.25, 0.3) is 32.5 Å². The molecule has 1 fully saturated rings. The van der Waals surface area contributed by atoms with E-state index in [9.17, 15) is 17.6 Å². The lowest BCUT2D eigenvalue weighted by atomic mass is 9.89. The van der Waals surface area contributed by atoms with Gasteiger partial charge in [0, 0.05) is 50.5 Å².